The number of nitrogens with zero attached hydrogens (tertiary/aromatic N) is 3. The number of carbonyl (C=O) groups is 2. The van der Waals surface area contributed by atoms with E-state index in [9.17, 15) is 14.7 Å². The average molecular weight is 287 g/mol. The molecule has 6 heteroatoms. The van der Waals surface area contributed by atoms with Gasteiger partial charge in [0.1, 0.15) is 6.04 Å². The summed E-state index contributed by atoms with van der Waals surface area (Å²) in [5.74, 6) is -0.978. The average Bonchev–Trinajstić information content (AvgIpc) is 2.98. The maximum absolute atomic E-state index is 12.6. The van der Waals surface area contributed by atoms with Crippen LogP contribution in [0.15, 0.2) is 30.3 Å². The van der Waals surface area contributed by atoms with Crippen LogP contribution in [0.3, 0.4) is 0 Å². The lowest BCUT2D eigenvalue weighted by atomic mass is 10.2. The van der Waals surface area contributed by atoms with E-state index >= 15 is 0 Å². The van der Waals surface area contributed by atoms with Crippen LogP contribution in [0.1, 0.15) is 19.3 Å². The zero-order valence-corrected chi connectivity index (χ0v) is 11.6. The Labute approximate surface area is 123 Å². The molecule has 21 heavy (non-hydrogen) atoms. The smallest absolute Gasteiger partial charge is 0.326 e. The number of benzene rings is 1. The molecule has 0 aliphatic carbocycles. The Morgan fingerprint density at radius 2 is 2.10 bits per heavy atom. The molecule has 1 heterocycles. The van der Waals surface area contributed by atoms with Gasteiger partial charge < -0.3 is 10.0 Å². The summed E-state index contributed by atoms with van der Waals surface area (Å²) in [6.07, 6.45) is 1.36. The van der Waals surface area contributed by atoms with E-state index in [1.54, 1.807) is 24.3 Å². The zero-order chi connectivity index (χ0) is 15.2. The molecule has 0 spiro atoms. The molecule has 0 unspecified atom stereocenters. The summed E-state index contributed by atoms with van der Waals surface area (Å²) in [6.45, 7) is 0.688. The molecule has 110 valence electrons. The molecule has 2 rings (SSSR count). The van der Waals surface area contributed by atoms with Gasteiger partial charge in [-0.05, 0) is 25.0 Å². The van der Waals surface area contributed by atoms with Gasteiger partial charge in [0.25, 0.3) is 0 Å². The summed E-state index contributed by atoms with van der Waals surface area (Å²) < 4.78 is 0. The molecule has 0 aromatic heterocycles. The minimum absolute atomic E-state index is 0.201. The fourth-order valence-corrected chi connectivity index (χ4v) is 2.51. The van der Waals surface area contributed by atoms with Crippen LogP contribution in [-0.2, 0) is 4.79 Å². The van der Waals surface area contributed by atoms with Gasteiger partial charge in [0.15, 0.2) is 0 Å². The Bertz CT molecular complexity index is 553. The molecule has 1 aliphatic heterocycles. The fourth-order valence-electron chi connectivity index (χ4n) is 2.51. The molecular weight excluding hydrogens is 270 g/mol. The minimum atomic E-state index is -0.978. The highest BCUT2D eigenvalue weighted by molar-refractivity contribution is 5.94. The van der Waals surface area contributed by atoms with Crippen LogP contribution in [0.2, 0.25) is 0 Å². The first-order valence-electron chi connectivity index (χ1n) is 6.88. The molecular formula is C15H17N3O3. The monoisotopic (exact) mass is 287 g/mol. The third-order valence-corrected chi connectivity index (χ3v) is 3.53. The van der Waals surface area contributed by atoms with E-state index in [0.717, 1.165) is 0 Å². The van der Waals surface area contributed by atoms with E-state index < -0.39 is 12.0 Å². The van der Waals surface area contributed by atoms with E-state index in [4.69, 9.17) is 5.26 Å². The van der Waals surface area contributed by atoms with Gasteiger partial charge >= 0.3 is 12.0 Å². The van der Waals surface area contributed by atoms with E-state index in [2.05, 4.69) is 0 Å². The SMILES string of the molecule is N#CCCN(C(=O)N1CCC[C@H]1C(=O)O)c1ccccc1. The number of rotatable bonds is 4. The topological polar surface area (TPSA) is 84.6 Å². The Kier molecular flexibility index (Phi) is 4.77. The van der Waals surface area contributed by atoms with Crippen molar-refractivity contribution in [3.8, 4) is 6.07 Å². The van der Waals surface area contributed by atoms with Gasteiger partial charge in [-0.3, -0.25) is 4.90 Å². The number of likely N-dealkylation sites (tertiary alicyclic amines) is 1. The number of hydrogen-bond acceptors (Lipinski definition) is 3. The Morgan fingerprint density at radius 3 is 2.71 bits per heavy atom. The lowest BCUT2D eigenvalue weighted by molar-refractivity contribution is -0.141. The highest BCUT2D eigenvalue weighted by Gasteiger charge is 2.36. The summed E-state index contributed by atoms with van der Waals surface area (Å²) in [5, 5.41) is 17.9. The normalized spacial score (nSPS) is 17.3. The van der Waals surface area contributed by atoms with Crippen molar-refractivity contribution in [2.24, 2.45) is 0 Å². The highest BCUT2D eigenvalue weighted by Crippen LogP contribution is 2.23. The zero-order valence-electron chi connectivity index (χ0n) is 11.6. The van der Waals surface area contributed by atoms with Gasteiger partial charge in [-0.2, -0.15) is 5.26 Å². The number of carboxylic acids is 1. The Morgan fingerprint density at radius 1 is 1.38 bits per heavy atom. The number of anilines is 1. The minimum Gasteiger partial charge on any atom is -0.480 e. The van der Waals surface area contributed by atoms with E-state index in [-0.39, 0.29) is 19.0 Å². The summed E-state index contributed by atoms with van der Waals surface area (Å²) >= 11 is 0. The number of aliphatic carboxylic acids is 1. The molecule has 0 bridgehead atoms. The quantitative estimate of drug-likeness (QED) is 0.918. The molecule has 0 radical (unpaired) electrons. The molecule has 1 atom stereocenters. The molecule has 1 aliphatic rings. The van der Waals surface area contributed by atoms with Gasteiger partial charge in [-0.15, -0.1) is 0 Å². The van der Waals surface area contributed by atoms with Gasteiger partial charge in [-0.1, -0.05) is 18.2 Å². The molecule has 1 aromatic carbocycles. The fraction of sp³-hybridized carbons (Fsp3) is 0.400. The lowest BCUT2D eigenvalue weighted by Gasteiger charge is -2.30. The van der Waals surface area contributed by atoms with Crippen LogP contribution in [0, 0.1) is 11.3 Å². The largest absolute Gasteiger partial charge is 0.480 e. The number of amides is 2. The summed E-state index contributed by atoms with van der Waals surface area (Å²) in [7, 11) is 0. The summed E-state index contributed by atoms with van der Waals surface area (Å²) in [6, 6.07) is 9.91. The first kappa shape index (κ1) is 14.9. The van der Waals surface area contributed by atoms with Crippen LogP contribution in [0.4, 0.5) is 10.5 Å². The van der Waals surface area contributed by atoms with Crippen LogP contribution in [0.5, 0.6) is 0 Å². The van der Waals surface area contributed by atoms with Crippen LogP contribution in [-0.4, -0.2) is 41.1 Å². The molecule has 1 N–H and O–H groups in total. The van der Waals surface area contributed by atoms with Gasteiger partial charge in [0.2, 0.25) is 0 Å². The van der Waals surface area contributed by atoms with Crippen LogP contribution in [0.25, 0.3) is 0 Å². The van der Waals surface area contributed by atoms with Crippen molar-refractivity contribution in [1.29, 1.82) is 5.26 Å². The van der Waals surface area contributed by atoms with Gasteiger partial charge in [-0.25, -0.2) is 9.59 Å². The van der Waals surface area contributed by atoms with Crippen molar-refractivity contribution in [2.75, 3.05) is 18.0 Å². The first-order valence-corrected chi connectivity index (χ1v) is 6.88. The number of carboxylic acid groups (broad SMARTS) is 1. The van der Waals surface area contributed by atoms with Crippen LogP contribution >= 0.6 is 0 Å². The number of urea groups is 1. The molecule has 6 nitrogen and oxygen atoms in total. The number of nitriles is 1. The highest BCUT2D eigenvalue weighted by atomic mass is 16.4. The molecule has 1 fully saturated rings. The van der Waals surface area contributed by atoms with Gasteiger partial charge in [0.05, 0.1) is 12.5 Å². The lowest BCUT2D eigenvalue weighted by Crippen LogP contribution is -2.48. The van der Waals surface area contributed by atoms with Crippen molar-refractivity contribution in [3.63, 3.8) is 0 Å². The molecule has 2 amide bonds. The van der Waals surface area contributed by atoms with E-state index in [1.165, 1.54) is 9.80 Å². The molecule has 1 aromatic rings. The standard InChI is InChI=1S/C15H17N3O3/c16-9-5-11-17(12-6-2-1-3-7-12)15(21)18-10-4-8-13(18)14(19)20/h1-3,6-7,13H,4-5,8,10-11H2,(H,19,20)/t13-/m0/s1. The molecule has 0 saturated carbocycles. The van der Waals surface area contributed by atoms with E-state index in [0.29, 0.717) is 25.1 Å². The van der Waals surface area contributed by atoms with Crippen molar-refractivity contribution < 1.29 is 14.7 Å². The third kappa shape index (κ3) is 3.31. The number of para-hydroxylation sites is 1. The van der Waals surface area contributed by atoms with Crippen molar-refractivity contribution in [1.82, 2.24) is 4.90 Å². The van der Waals surface area contributed by atoms with Crippen LogP contribution < -0.4 is 4.90 Å². The second kappa shape index (κ2) is 6.75. The number of hydrogen-bond donors (Lipinski definition) is 1. The second-order valence-corrected chi connectivity index (χ2v) is 4.87. The maximum Gasteiger partial charge on any atom is 0.326 e. The first-order chi connectivity index (χ1) is 10.1. The predicted octanol–water partition coefficient (Wildman–Crippen LogP) is 2.08. The van der Waals surface area contributed by atoms with Crippen molar-refractivity contribution in [3.05, 3.63) is 30.3 Å². The second-order valence-electron chi connectivity index (χ2n) is 4.87. The Balaban J connectivity index is 2.22. The van der Waals surface area contributed by atoms with E-state index in [1.807, 2.05) is 12.1 Å². The predicted molar refractivity (Wildman–Crippen MR) is 76.8 cm³/mol. The number of carbonyl (C=O) groups excluding carboxylic acids is 1. The van der Waals surface area contributed by atoms with Crippen molar-refractivity contribution >= 4 is 17.7 Å². The Hall–Kier alpha value is -2.55. The summed E-state index contributed by atoms with van der Waals surface area (Å²) in [5.41, 5.74) is 0.675. The summed E-state index contributed by atoms with van der Waals surface area (Å²) in [4.78, 5) is 26.7. The van der Waals surface area contributed by atoms with Gasteiger partial charge in [0, 0.05) is 18.8 Å². The third-order valence-electron chi connectivity index (χ3n) is 3.53. The van der Waals surface area contributed by atoms with Crippen molar-refractivity contribution in [2.45, 2.75) is 25.3 Å². The molecule has 1 saturated heterocycles. The maximum atomic E-state index is 12.6.